The van der Waals surface area contributed by atoms with Crippen LogP contribution >= 0.6 is 0 Å². The van der Waals surface area contributed by atoms with Crippen molar-refractivity contribution in [2.75, 3.05) is 25.4 Å². The van der Waals surface area contributed by atoms with Gasteiger partial charge in [0.1, 0.15) is 6.10 Å². The van der Waals surface area contributed by atoms with Crippen LogP contribution in [0.2, 0.25) is 0 Å². The number of nitrogen functional groups attached to an aromatic ring is 1. The maximum Gasteiger partial charge on any atom is 0.219 e. The van der Waals surface area contributed by atoms with Crippen molar-refractivity contribution in [2.24, 2.45) is 0 Å². The number of rotatable bonds is 1. The number of carbonyl (C=O) groups excluding carboxylic acids is 1. The molecule has 16 heavy (non-hydrogen) atoms. The molecule has 1 aromatic rings. The van der Waals surface area contributed by atoms with Crippen LogP contribution in [0.5, 0.6) is 0 Å². The second-order valence-electron chi connectivity index (χ2n) is 3.99. The van der Waals surface area contributed by atoms with Gasteiger partial charge in [-0.05, 0) is 17.7 Å². The molecular formula is C12H16N2O2. The van der Waals surface area contributed by atoms with Crippen LogP contribution in [0.3, 0.4) is 0 Å². The Labute approximate surface area is 95.0 Å². The molecule has 1 heterocycles. The van der Waals surface area contributed by atoms with Gasteiger partial charge in [0.25, 0.3) is 0 Å². The highest BCUT2D eigenvalue weighted by molar-refractivity contribution is 5.73. The van der Waals surface area contributed by atoms with Crippen molar-refractivity contribution in [3.8, 4) is 0 Å². The van der Waals surface area contributed by atoms with E-state index in [2.05, 4.69) is 0 Å². The average molecular weight is 220 g/mol. The van der Waals surface area contributed by atoms with Gasteiger partial charge in [-0.2, -0.15) is 0 Å². The van der Waals surface area contributed by atoms with Crippen LogP contribution in [-0.2, 0) is 9.53 Å². The fourth-order valence-electron chi connectivity index (χ4n) is 1.90. The monoisotopic (exact) mass is 220 g/mol. The zero-order valence-corrected chi connectivity index (χ0v) is 9.35. The van der Waals surface area contributed by atoms with Gasteiger partial charge in [0.15, 0.2) is 0 Å². The van der Waals surface area contributed by atoms with Crippen LogP contribution < -0.4 is 5.73 Å². The summed E-state index contributed by atoms with van der Waals surface area (Å²) < 4.78 is 5.65. The number of anilines is 1. The third kappa shape index (κ3) is 2.33. The van der Waals surface area contributed by atoms with Crippen LogP contribution in [0.15, 0.2) is 24.3 Å². The van der Waals surface area contributed by atoms with Crippen molar-refractivity contribution in [1.29, 1.82) is 0 Å². The molecule has 1 amide bonds. The Morgan fingerprint density at radius 2 is 2.38 bits per heavy atom. The first-order valence-corrected chi connectivity index (χ1v) is 5.39. The predicted molar refractivity (Wildman–Crippen MR) is 61.8 cm³/mol. The first-order chi connectivity index (χ1) is 7.66. The SMILES string of the molecule is CC(=O)N1CCOC(c2cccc(N)c2)C1. The van der Waals surface area contributed by atoms with Crippen LogP contribution in [-0.4, -0.2) is 30.5 Å². The first-order valence-electron chi connectivity index (χ1n) is 5.39. The van der Waals surface area contributed by atoms with Crippen LogP contribution in [0.4, 0.5) is 5.69 Å². The second kappa shape index (κ2) is 4.53. The van der Waals surface area contributed by atoms with E-state index < -0.39 is 0 Å². The third-order valence-corrected chi connectivity index (χ3v) is 2.79. The smallest absolute Gasteiger partial charge is 0.219 e. The summed E-state index contributed by atoms with van der Waals surface area (Å²) in [6.45, 7) is 3.45. The summed E-state index contributed by atoms with van der Waals surface area (Å²) in [4.78, 5) is 13.1. The Bertz CT molecular complexity index is 392. The van der Waals surface area contributed by atoms with E-state index in [-0.39, 0.29) is 12.0 Å². The van der Waals surface area contributed by atoms with Crippen molar-refractivity contribution in [3.63, 3.8) is 0 Å². The fourth-order valence-corrected chi connectivity index (χ4v) is 1.90. The summed E-state index contributed by atoms with van der Waals surface area (Å²) >= 11 is 0. The van der Waals surface area contributed by atoms with Crippen LogP contribution in [0, 0.1) is 0 Å². The molecule has 1 unspecified atom stereocenters. The number of benzene rings is 1. The molecule has 1 aliphatic rings. The zero-order chi connectivity index (χ0) is 11.5. The molecular weight excluding hydrogens is 204 g/mol. The highest BCUT2D eigenvalue weighted by atomic mass is 16.5. The molecule has 0 aliphatic carbocycles. The normalized spacial score (nSPS) is 20.8. The number of morpholine rings is 1. The highest BCUT2D eigenvalue weighted by Gasteiger charge is 2.23. The molecule has 0 saturated carbocycles. The summed E-state index contributed by atoms with van der Waals surface area (Å²) in [6, 6.07) is 7.62. The van der Waals surface area contributed by atoms with Gasteiger partial charge in [-0.1, -0.05) is 12.1 Å². The largest absolute Gasteiger partial charge is 0.399 e. The molecule has 86 valence electrons. The van der Waals surface area contributed by atoms with E-state index in [1.807, 2.05) is 24.3 Å². The summed E-state index contributed by atoms with van der Waals surface area (Å²) in [5.41, 5.74) is 7.48. The van der Waals surface area contributed by atoms with E-state index >= 15 is 0 Å². The summed E-state index contributed by atoms with van der Waals surface area (Å²) in [5.74, 6) is 0.0946. The van der Waals surface area contributed by atoms with Gasteiger partial charge in [-0.25, -0.2) is 0 Å². The lowest BCUT2D eigenvalue weighted by atomic mass is 10.1. The van der Waals surface area contributed by atoms with Gasteiger partial charge in [-0.15, -0.1) is 0 Å². The summed E-state index contributed by atoms with van der Waals surface area (Å²) in [6.07, 6.45) is -0.0545. The average Bonchev–Trinajstić information content (AvgIpc) is 2.29. The number of hydrogen-bond acceptors (Lipinski definition) is 3. The van der Waals surface area contributed by atoms with Crippen molar-refractivity contribution < 1.29 is 9.53 Å². The van der Waals surface area contributed by atoms with E-state index in [9.17, 15) is 4.79 Å². The zero-order valence-electron chi connectivity index (χ0n) is 9.35. The first kappa shape index (κ1) is 11.0. The minimum Gasteiger partial charge on any atom is -0.399 e. The number of ether oxygens (including phenoxy) is 1. The fraction of sp³-hybridized carbons (Fsp3) is 0.417. The highest BCUT2D eigenvalue weighted by Crippen LogP contribution is 2.23. The van der Waals surface area contributed by atoms with Gasteiger partial charge in [0.05, 0.1) is 13.2 Å². The molecule has 1 aliphatic heterocycles. The molecule has 1 atom stereocenters. The van der Waals surface area contributed by atoms with Gasteiger partial charge in [0.2, 0.25) is 5.91 Å². The Kier molecular flexibility index (Phi) is 3.10. The third-order valence-electron chi connectivity index (χ3n) is 2.79. The van der Waals surface area contributed by atoms with E-state index in [0.717, 1.165) is 11.3 Å². The number of nitrogens with zero attached hydrogens (tertiary/aromatic N) is 1. The molecule has 0 spiro atoms. The Morgan fingerprint density at radius 1 is 1.56 bits per heavy atom. The Hall–Kier alpha value is -1.55. The molecule has 1 fully saturated rings. The van der Waals surface area contributed by atoms with Gasteiger partial charge in [0, 0.05) is 19.2 Å². The Balaban J connectivity index is 2.12. The standard InChI is InChI=1S/C12H16N2O2/c1-9(15)14-5-6-16-12(8-14)10-3-2-4-11(13)7-10/h2-4,7,12H,5-6,8,13H2,1H3. The van der Waals surface area contributed by atoms with Crippen molar-refractivity contribution in [3.05, 3.63) is 29.8 Å². The lowest BCUT2D eigenvalue weighted by molar-refractivity contribution is -0.136. The van der Waals surface area contributed by atoms with Crippen LogP contribution in [0.1, 0.15) is 18.6 Å². The van der Waals surface area contributed by atoms with Gasteiger partial charge < -0.3 is 15.4 Å². The minimum absolute atomic E-state index is 0.0545. The topological polar surface area (TPSA) is 55.6 Å². The number of hydrogen-bond donors (Lipinski definition) is 1. The molecule has 2 rings (SSSR count). The number of amides is 1. The van der Waals surface area contributed by atoms with E-state index in [4.69, 9.17) is 10.5 Å². The number of nitrogens with two attached hydrogens (primary N) is 1. The molecule has 0 bridgehead atoms. The molecule has 4 nitrogen and oxygen atoms in total. The summed E-state index contributed by atoms with van der Waals surface area (Å²) in [5, 5.41) is 0. The number of carbonyl (C=O) groups is 1. The van der Waals surface area contributed by atoms with Crippen molar-refractivity contribution in [1.82, 2.24) is 4.90 Å². The lowest BCUT2D eigenvalue weighted by Crippen LogP contribution is -2.41. The van der Waals surface area contributed by atoms with Gasteiger partial charge >= 0.3 is 0 Å². The van der Waals surface area contributed by atoms with Crippen LogP contribution in [0.25, 0.3) is 0 Å². The molecule has 2 N–H and O–H groups in total. The van der Waals surface area contributed by atoms with E-state index in [1.54, 1.807) is 11.8 Å². The van der Waals surface area contributed by atoms with E-state index in [0.29, 0.717) is 19.7 Å². The van der Waals surface area contributed by atoms with E-state index in [1.165, 1.54) is 0 Å². The molecule has 1 aromatic carbocycles. The maximum absolute atomic E-state index is 11.3. The lowest BCUT2D eigenvalue weighted by Gasteiger charge is -2.32. The molecule has 1 saturated heterocycles. The quantitative estimate of drug-likeness (QED) is 0.723. The maximum atomic E-state index is 11.3. The van der Waals surface area contributed by atoms with Gasteiger partial charge in [-0.3, -0.25) is 4.79 Å². The molecule has 0 aromatic heterocycles. The molecule has 4 heteroatoms. The van der Waals surface area contributed by atoms with Crippen molar-refractivity contribution >= 4 is 11.6 Å². The predicted octanol–water partition coefficient (Wildman–Crippen LogP) is 1.19. The molecule has 0 radical (unpaired) electrons. The minimum atomic E-state index is -0.0545. The summed E-state index contributed by atoms with van der Waals surface area (Å²) in [7, 11) is 0. The second-order valence-corrected chi connectivity index (χ2v) is 3.99. The Morgan fingerprint density at radius 3 is 3.06 bits per heavy atom. The van der Waals surface area contributed by atoms with Crippen molar-refractivity contribution in [2.45, 2.75) is 13.0 Å².